The Hall–Kier alpha value is -2.06. The van der Waals surface area contributed by atoms with Crippen molar-refractivity contribution in [1.82, 2.24) is 4.98 Å². The van der Waals surface area contributed by atoms with Gasteiger partial charge >= 0.3 is 0 Å². The second kappa shape index (κ2) is 6.03. The second-order valence-electron chi connectivity index (χ2n) is 3.57. The molecule has 0 aliphatic rings. The SMILES string of the molecule is CCOc1ccc(CNc2ncc(C#N)s2)cc1. The lowest BCUT2D eigenvalue weighted by Crippen LogP contribution is -1.99. The lowest BCUT2D eigenvalue weighted by Gasteiger charge is -2.05. The quantitative estimate of drug-likeness (QED) is 0.896. The van der Waals surface area contributed by atoms with Crippen molar-refractivity contribution in [2.75, 3.05) is 11.9 Å². The van der Waals surface area contributed by atoms with Crippen molar-refractivity contribution in [2.45, 2.75) is 13.5 Å². The summed E-state index contributed by atoms with van der Waals surface area (Å²) >= 11 is 1.36. The van der Waals surface area contributed by atoms with E-state index in [0.717, 1.165) is 16.4 Å². The van der Waals surface area contributed by atoms with Crippen LogP contribution in [-0.4, -0.2) is 11.6 Å². The van der Waals surface area contributed by atoms with Crippen molar-refractivity contribution in [3.8, 4) is 11.8 Å². The maximum absolute atomic E-state index is 8.70. The molecule has 0 unspecified atom stereocenters. The highest BCUT2D eigenvalue weighted by Gasteiger charge is 2.00. The average molecular weight is 259 g/mol. The Kier molecular flexibility index (Phi) is 4.15. The third kappa shape index (κ3) is 3.22. The maximum atomic E-state index is 8.70. The molecule has 1 aromatic carbocycles. The number of benzene rings is 1. The number of hydrogen-bond donors (Lipinski definition) is 1. The normalized spacial score (nSPS) is 9.78. The summed E-state index contributed by atoms with van der Waals surface area (Å²) < 4.78 is 5.37. The molecular weight excluding hydrogens is 246 g/mol. The Morgan fingerprint density at radius 3 is 2.78 bits per heavy atom. The lowest BCUT2D eigenvalue weighted by atomic mass is 10.2. The molecule has 0 amide bonds. The van der Waals surface area contributed by atoms with Crippen molar-refractivity contribution in [3.63, 3.8) is 0 Å². The summed E-state index contributed by atoms with van der Waals surface area (Å²) in [6, 6.07) is 9.98. The fourth-order valence-corrected chi connectivity index (χ4v) is 2.06. The zero-order valence-corrected chi connectivity index (χ0v) is 10.8. The Balaban J connectivity index is 1.91. The van der Waals surface area contributed by atoms with E-state index in [2.05, 4.69) is 16.4 Å². The molecule has 1 heterocycles. The van der Waals surface area contributed by atoms with Gasteiger partial charge in [0.25, 0.3) is 0 Å². The summed E-state index contributed by atoms with van der Waals surface area (Å²) in [6.45, 7) is 3.32. The van der Waals surface area contributed by atoms with Gasteiger partial charge in [-0.05, 0) is 24.6 Å². The van der Waals surface area contributed by atoms with Crippen LogP contribution in [0.25, 0.3) is 0 Å². The first-order valence-corrected chi connectivity index (χ1v) is 6.45. The summed E-state index contributed by atoms with van der Waals surface area (Å²) in [5, 5.41) is 12.6. The first kappa shape index (κ1) is 12.4. The molecule has 0 spiro atoms. The predicted molar refractivity (Wildman–Crippen MR) is 71.8 cm³/mol. The third-order valence-electron chi connectivity index (χ3n) is 2.29. The molecule has 0 aliphatic heterocycles. The van der Waals surface area contributed by atoms with E-state index in [9.17, 15) is 0 Å². The van der Waals surface area contributed by atoms with Crippen LogP contribution in [-0.2, 0) is 6.54 Å². The number of ether oxygens (including phenoxy) is 1. The Bertz CT molecular complexity index is 542. The minimum Gasteiger partial charge on any atom is -0.494 e. The van der Waals surface area contributed by atoms with E-state index in [0.29, 0.717) is 18.0 Å². The van der Waals surface area contributed by atoms with E-state index in [4.69, 9.17) is 10.00 Å². The van der Waals surface area contributed by atoms with Crippen LogP contribution in [0.15, 0.2) is 30.5 Å². The molecule has 0 atom stereocenters. The van der Waals surface area contributed by atoms with Gasteiger partial charge in [0.1, 0.15) is 16.7 Å². The van der Waals surface area contributed by atoms with Crippen LogP contribution in [0.4, 0.5) is 5.13 Å². The highest BCUT2D eigenvalue weighted by Crippen LogP contribution is 2.18. The minimum atomic E-state index is 0.615. The summed E-state index contributed by atoms with van der Waals surface area (Å²) in [6.07, 6.45) is 1.57. The molecule has 2 aromatic rings. The highest BCUT2D eigenvalue weighted by molar-refractivity contribution is 7.16. The second-order valence-corrected chi connectivity index (χ2v) is 4.60. The Morgan fingerprint density at radius 1 is 1.39 bits per heavy atom. The van der Waals surface area contributed by atoms with Crippen LogP contribution in [0, 0.1) is 11.3 Å². The first-order valence-electron chi connectivity index (χ1n) is 5.63. The van der Waals surface area contributed by atoms with Crippen LogP contribution < -0.4 is 10.1 Å². The predicted octanol–water partition coefficient (Wildman–Crippen LogP) is 3.03. The third-order valence-corrected chi connectivity index (χ3v) is 3.15. The van der Waals surface area contributed by atoms with Crippen molar-refractivity contribution >= 4 is 16.5 Å². The zero-order valence-electron chi connectivity index (χ0n) is 10.0. The van der Waals surface area contributed by atoms with E-state index in [1.165, 1.54) is 11.3 Å². The smallest absolute Gasteiger partial charge is 0.184 e. The number of nitrogens with one attached hydrogen (secondary N) is 1. The molecule has 5 heteroatoms. The maximum Gasteiger partial charge on any atom is 0.184 e. The monoisotopic (exact) mass is 259 g/mol. The lowest BCUT2D eigenvalue weighted by molar-refractivity contribution is 0.340. The van der Waals surface area contributed by atoms with Crippen molar-refractivity contribution < 1.29 is 4.74 Å². The summed E-state index contributed by atoms with van der Waals surface area (Å²) in [4.78, 5) is 4.72. The summed E-state index contributed by atoms with van der Waals surface area (Å²) in [5.74, 6) is 0.877. The molecule has 0 radical (unpaired) electrons. The van der Waals surface area contributed by atoms with Gasteiger partial charge in [0.05, 0.1) is 12.8 Å². The Morgan fingerprint density at radius 2 is 2.17 bits per heavy atom. The molecule has 0 fully saturated rings. The molecule has 1 N–H and O–H groups in total. The van der Waals surface area contributed by atoms with Gasteiger partial charge in [-0.2, -0.15) is 5.26 Å². The van der Waals surface area contributed by atoms with Crippen LogP contribution >= 0.6 is 11.3 Å². The number of hydrogen-bond acceptors (Lipinski definition) is 5. The van der Waals surface area contributed by atoms with Crippen LogP contribution in [0.5, 0.6) is 5.75 Å². The van der Waals surface area contributed by atoms with Crippen molar-refractivity contribution in [3.05, 3.63) is 40.9 Å². The summed E-state index contributed by atoms with van der Waals surface area (Å²) in [7, 11) is 0. The van der Waals surface area contributed by atoms with E-state index >= 15 is 0 Å². The van der Waals surface area contributed by atoms with E-state index < -0.39 is 0 Å². The molecule has 0 saturated carbocycles. The van der Waals surface area contributed by atoms with Gasteiger partial charge in [0.2, 0.25) is 0 Å². The zero-order chi connectivity index (χ0) is 12.8. The number of anilines is 1. The first-order chi connectivity index (χ1) is 8.81. The average Bonchev–Trinajstić information content (AvgIpc) is 2.86. The van der Waals surface area contributed by atoms with Crippen molar-refractivity contribution in [1.29, 1.82) is 5.26 Å². The van der Waals surface area contributed by atoms with Gasteiger partial charge in [-0.3, -0.25) is 0 Å². The topological polar surface area (TPSA) is 57.9 Å². The van der Waals surface area contributed by atoms with Gasteiger partial charge in [-0.1, -0.05) is 23.5 Å². The molecule has 4 nitrogen and oxygen atoms in total. The minimum absolute atomic E-state index is 0.615. The van der Waals surface area contributed by atoms with Crippen LogP contribution in [0.3, 0.4) is 0 Å². The molecule has 92 valence electrons. The molecule has 2 rings (SSSR count). The molecule has 0 bridgehead atoms. The standard InChI is InChI=1S/C13H13N3OS/c1-2-17-11-5-3-10(4-6-11)8-15-13-16-9-12(7-14)18-13/h3-6,9H,2,8H2,1H3,(H,15,16). The number of nitriles is 1. The van der Waals surface area contributed by atoms with Gasteiger partial charge in [-0.15, -0.1) is 0 Å². The fourth-order valence-electron chi connectivity index (χ4n) is 1.46. The largest absolute Gasteiger partial charge is 0.494 e. The van der Waals surface area contributed by atoms with Gasteiger partial charge in [0, 0.05) is 6.54 Å². The number of aromatic nitrogens is 1. The van der Waals surface area contributed by atoms with E-state index in [1.807, 2.05) is 31.2 Å². The molecule has 1 aromatic heterocycles. The van der Waals surface area contributed by atoms with Gasteiger partial charge in [0.15, 0.2) is 5.13 Å². The van der Waals surface area contributed by atoms with Crippen LogP contribution in [0.2, 0.25) is 0 Å². The molecule has 0 saturated heterocycles. The molecule has 18 heavy (non-hydrogen) atoms. The molecule has 0 aliphatic carbocycles. The van der Waals surface area contributed by atoms with Crippen molar-refractivity contribution in [2.24, 2.45) is 0 Å². The van der Waals surface area contributed by atoms with Gasteiger partial charge < -0.3 is 10.1 Å². The highest BCUT2D eigenvalue weighted by atomic mass is 32.1. The van der Waals surface area contributed by atoms with Crippen LogP contribution in [0.1, 0.15) is 17.4 Å². The van der Waals surface area contributed by atoms with E-state index in [1.54, 1.807) is 6.20 Å². The summed E-state index contributed by atoms with van der Waals surface area (Å²) in [5.41, 5.74) is 1.15. The number of nitrogens with zero attached hydrogens (tertiary/aromatic N) is 2. The van der Waals surface area contributed by atoms with Gasteiger partial charge in [-0.25, -0.2) is 4.98 Å². The van der Waals surface area contributed by atoms with E-state index in [-0.39, 0.29) is 0 Å². The number of rotatable bonds is 5. The number of thiazole rings is 1. The Labute approximate surface area is 110 Å². The molecular formula is C13H13N3OS. The fraction of sp³-hybridized carbons (Fsp3) is 0.231.